The number of hydrogen-bond donors (Lipinski definition) is 2. The summed E-state index contributed by atoms with van der Waals surface area (Å²) in [6.07, 6.45) is 2.88. The van der Waals surface area contributed by atoms with Gasteiger partial charge in [0, 0.05) is 12.6 Å². The quantitative estimate of drug-likeness (QED) is 0.801. The fraction of sp³-hybridized carbons (Fsp3) is 0.278. The Balaban J connectivity index is 2.21. The first-order valence-electron chi connectivity index (χ1n) is 7.91. The zero-order valence-electron chi connectivity index (χ0n) is 13.9. The molecule has 0 spiro atoms. The smallest absolute Gasteiger partial charge is 0.261 e. The maximum atomic E-state index is 12.6. The summed E-state index contributed by atoms with van der Waals surface area (Å²) in [5.41, 5.74) is 2.15. The minimum Gasteiger partial charge on any atom is -0.326 e. The summed E-state index contributed by atoms with van der Waals surface area (Å²) < 4.78 is 27.8. The van der Waals surface area contributed by atoms with Crippen molar-refractivity contribution in [3.05, 3.63) is 54.1 Å². The number of carbonyl (C=O) groups is 1. The number of rotatable bonds is 7. The van der Waals surface area contributed by atoms with Crippen LogP contribution in [0.15, 0.2) is 53.4 Å². The second kappa shape index (κ2) is 7.97. The average Bonchev–Trinajstić information content (AvgIpc) is 2.54. The van der Waals surface area contributed by atoms with Crippen LogP contribution in [0.4, 0.5) is 11.4 Å². The Morgan fingerprint density at radius 2 is 1.71 bits per heavy atom. The maximum absolute atomic E-state index is 12.6. The number of hydrogen-bond acceptors (Lipinski definition) is 3. The first-order chi connectivity index (χ1) is 11.4. The monoisotopic (exact) mass is 346 g/mol. The van der Waals surface area contributed by atoms with Gasteiger partial charge < -0.3 is 5.32 Å². The van der Waals surface area contributed by atoms with Gasteiger partial charge in [-0.1, -0.05) is 31.5 Å². The van der Waals surface area contributed by atoms with E-state index < -0.39 is 10.0 Å². The number of sulfonamides is 1. The largest absolute Gasteiger partial charge is 0.326 e. The van der Waals surface area contributed by atoms with Gasteiger partial charge in [0.2, 0.25) is 5.91 Å². The van der Waals surface area contributed by atoms with E-state index in [4.69, 9.17) is 0 Å². The summed E-state index contributed by atoms with van der Waals surface area (Å²) in [6, 6.07) is 13.5. The molecule has 2 N–H and O–H groups in total. The van der Waals surface area contributed by atoms with Crippen LogP contribution in [-0.4, -0.2) is 14.3 Å². The highest BCUT2D eigenvalue weighted by Crippen LogP contribution is 2.22. The molecule has 0 aliphatic heterocycles. The second-order valence-corrected chi connectivity index (χ2v) is 7.25. The number of benzene rings is 2. The molecule has 0 saturated heterocycles. The Hall–Kier alpha value is -2.34. The van der Waals surface area contributed by atoms with Crippen LogP contribution in [0.3, 0.4) is 0 Å². The molecule has 0 aliphatic carbocycles. The van der Waals surface area contributed by atoms with Crippen LogP contribution in [0.5, 0.6) is 0 Å². The van der Waals surface area contributed by atoms with Crippen molar-refractivity contribution in [2.45, 2.75) is 38.0 Å². The van der Waals surface area contributed by atoms with E-state index in [0.29, 0.717) is 11.4 Å². The number of unbranched alkanes of at least 4 members (excludes halogenated alkanes) is 1. The molecular weight excluding hydrogens is 324 g/mol. The van der Waals surface area contributed by atoms with E-state index in [-0.39, 0.29) is 10.8 Å². The van der Waals surface area contributed by atoms with Gasteiger partial charge in [-0.2, -0.15) is 0 Å². The summed E-state index contributed by atoms with van der Waals surface area (Å²) in [5, 5.41) is 2.61. The molecule has 0 saturated carbocycles. The molecule has 2 aromatic carbocycles. The highest BCUT2D eigenvalue weighted by atomic mass is 32.2. The molecule has 0 atom stereocenters. The van der Waals surface area contributed by atoms with Crippen molar-refractivity contribution in [1.82, 2.24) is 0 Å². The lowest BCUT2D eigenvalue weighted by Gasteiger charge is -2.13. The topological polar surface area (TPSA) is 75.3 Å². The van der Waals surface area contributed by atoms with Gasteiger partial charge in [-0.3, -0.25) is 9.52 Å². The number of carbonyl (C=O) groups excluding carboxylic acids is 1. The molecule has 0 unspecified atom stereocenters. The van der Waals surface area contributed by atoms with E-state index in [0.717, 1.165) is 24.8 Å². The predicted molar refractivity (Wildman–Crippen MR) is 96.6 cm³/mol. The Bertz CT molecular complexity index is 799. The van der Waals surface area contributed by atoms with Crippen LogP contribution in [0, 0.1) is 0 Å². The summed E-state index contributed by atoms with van der Waals surface area (Å²) in [7, 11) is -3.67. The Labute approximate surface area is 143 Å². The molecule has 0 heterocycles. The molecule has 2 aromatic rings. The molecule has 1 amide bonds. The van der Waals surface area contributed by atoms with Gasteiger partial charge in [0.25, 0.3) is 10.0 Å². The summed E-state index contributed by atoms with van der Waals surface area (Å²) >= 11 is 0. The fourth-order valence-electron chi connectivity index (χ4n) is 2.33. The highest BCUT2D eigenvalue weighted by Gasteiger charge is 2.15. The number of aryl methyl sites for hydroxylation is 1. The van der Waals surface area contributed by atoms with Crippen molar-refractivity contribution < 1.29 is 13.2 Å². The van der Waals surface area contributed by atoms with Crippen LogP contribution >= 0.6 is 0 Å². The summed E-state index contributed by atoms with van der Waals surface area (Å²) in [5.74, 6) is -0.200. The zero-order valence-corrected chi connectivity index (χ0v) is 14.7. The molecule has 0 fully saturated rings. The van der Waals surface area contributed by atoms with E-state index in [1.807, 2.05) is 18.2 Å². The number of anilines is 2. The number of para-hydroxylation sites is 1. The van der Waals surface area contributed by atoms with Crippen molar-refractivity contribution in [3.63, 3.8) is 0 Å². The van der Waals surface area contributed by atoms with Gasteiger partial charge >= 0.3 is 0 Å². The predicted octanol–water partition coefficient (Wildman–Crippen LogP) is 3.79. The van der Waals surface area contributed by atoms with Gasteiger partial charge in [0.05, 0.1) is 10.6 Å². The van der Waals surface area contributed by atoms with Crippen LogP contribution in [0.1, 0.15) is 32.3 Å². The number of amides is 1. The lowest BCUT2D eigenvalue weighted by atomic mass is 10.1. The van der Waals surface area contributed by atoms with Crippen molar-refractivity contribution in [1.29, 1.82) is 0 Å². The maximum Gasteiger partial charge on any atom is 0.261 e. The van der Waals surface area contributed by atoms with E-state index in [9.17, 15) is 13.2 Å². The molecule has 5 nitrogen and oxygen atoms in total. The normalized spacial score (nSPS) is 11.1. The lowest BCUT2D eigenvalue weighted by molar-refractivity contribution is -0.114. The molecule has 0 aliphatic rings. The minimum atomic E-state index is -3.67. The van der Waals surface area contributed by atoms with Gasteiger partial charge in [-0.15, -0.1) is 0 Å². The minimum absolute atomic E-state index is 0.155. The number of nitrogens with one attached hydrogen (secondary N) is 2. The van der Waals surface area contributed by atoms with Gasteiger partial charge in [-0.25, -0.2) is 8.42 Å². The van der Waals surface area contributed by atoms with Crippen molar-refractivity contribution in [3.8, 4) is 0 Å². The van der Waals surface area contributed by atoms with Crippen LogP contribution < -0.4 is 10.0 Å². The molecule has 6 heteroatoms. The SMILES string of the molecule is CCCCc1ccccc1NS(=O)(=O)c1ccc(NC(C)=O)cc1. The van der Waals surface area contributed by atoms with Crippen molar-refractivity contribution in [2.75, 3.05) is 10.0 Å². The van der Waals surface area contributed by atoms with E-state index in [1.54, 1.807) is 18.2 Å². The van der Waals surface area contributed by atoms with Crippen LogP contribution in [-0.2, 0) is 21.2 Å². The molecular formula is C18H22N2O3S. The third-order valence-corrected chi connectivity index (χ3v) is 4.93. The summed E-state index contributed by atoms with van der Waals surface area (Å²) in [6.45, 7) is 3.50. The Morgan fingerprint density at radius 3 is 2.33 bits per heavy atom. The van der Waals surface area contributed by atoms with Crippen molar-refractivity contribution >= 4 is 27.3 Å². The zero-order chi connectivity index (χ0) is 17.6. The molecule has 0 bridgehead atoms. The molecule has 2 rings (SSSR count). The first kappa shape index (κ1) is 18.0. The highest BCUT2D eigenvalue weighted by molar-refractivity contribution is 7.92. The molecule has 24 heavy (non-hydrogen) atoms. The van der Waals surface area contributed by atoms with E-state index in [1.165, 1.54) is 19.1 Å². The summed E-state index contributed by atoms with van der Waals surface area (Å²) in [4.78, 5) is 11.2. The molecule has 0 radical (unpaired) electrons. The molecule has 128 valence electrons. The van der Waals surface area contributed by atoms with Crippen LogP contribution in [0.25, 0.3) is 0 Å². The first-order valence-corrected chi connectivity index (χ1v) is 9.39. The average molecular weight is 346 g/mol. The van der Waals surface area contributed by atoms with Gasteiger partial charge in [0.1, 0.15) is 0 Å². The lowest BCUT2D eigenvalue weighted by Crippen LogP contribution is -2.14. The van der Waals surface area contributed by atoms with Crippen LogP contribution in [0.2, 0.25) is 0 Å². The standard InChI is InChI=1S/C18H22N2O3S/c1-3-4-7-15-8-5-6-9-18(15)20-24(22,23)17-12-10-16(11-13-17)19-14(2)21/h5-6,8-13,20H,3-4,7H2,1-2H3,(H,19,21). The van der Waals surface area contributed by atoms with Gasteiger partial charge in [-0.05, 0) is 48.7 Å². The molecule has 0 aromatic heterocycles. The third kappa shape index (κ3) is 4.83. The fourth-order valence-corrected chi connectivity index (χ4v) is 3.43. The third-order valence-electron chi connectivity index (χ3n) is 3.55. The van der Waals surface area contributed by atoms with E-state index >= 15 is 0 Å². The van der Waals surface area contributed by atoms with Crippen molar-refractivity contribution in [2.24, 2.45) is 0 Å². The second-order valence-electron chi connectivity index (χ2n) is 5.57. The van der Waals surface area contributed by atoms with E-state index in [2.05, 4.69) is 17.0 Å². The Kier molecular flexibility index (Phi) is 5.98. The Morgan fingerprint density at radius 1 is 1.04 bits per heavy atom. The van der Waals surface area contributed by atoms with Gasteiger partial charge in [0.15, 0.2) is 0 Å².